The molecule has 0 amide bonds. The maximum absolute atomic E-state index is 9.73. The summed E-state index contributed by atoms with van der Waals surface area (Å²) in [5, 5.41) is 0. The van der Waals surface area contributed by atoms with Gasteiger partial charge in [0.15, 0.2) is 0 Å². The van der Waals surface area contributed by atoms with E-state index < -0.39 is 4.33 Å². The Kier molecular flexibility index (Phi) is 3.41. The molecule has 0 bridgehead atoms. The number of halogens is 2. The Balaban J connectivity index is 3.24. The van der Waals surface area contributed by atoms with Crippen molar-refractivity contribution in [2.45, 2.75) is 24.1 Å². The van der Waals surface area contributed by atoms with E-state index in [1.165, 1.54) is 0 Å². The Morgan fingerprint density at radius 3 is 2.25 bits per heavy atom. The largest absolute Gasteiger partial charge is 0.303 e. The first-order valence-electron chi connectivity index (χ1n) is 2.38. The zero-order valence-electron chi connectivity index (χ0n) is 4.66. The van der Waals surface area contributed by atoms with Crippen LogP contribution in [0.25, 0.3) is 0 Å². The fourth-order valence-electron chi connectivity index (χ4n) is 0.312. The third-order valence-electron chi connectivity index (χ3n) is 0.701. The molecule has 8 heavy (non-hydrogen) atoms. The van der Waals surface area contributed by atoms with Gasteiger partial charge in [-0.2, -0.15) is 0 Å². The van der Waals surface area contributed by atoms with Crippen molar-refractivity contribution in [2.75, 3.05) is 0 Å². The third kappa shape index (κ3) is 6.25. The second-order valence-corrected chi connectivity index (χ2v) is 3.64. The molecule has 0 aromatic rings. The normalized spacial score (nSPS) is 11.4. The molecule has 0 rings (SSSR count). The molecule has 0 saturated carbocycles. The highest BCUT2D eigenvalue weighted by Gasteiger charge is 2.14. The minimum absolute atomic E-state index is 0.434. The van der Waals surface area contributed by atoms with Gasteiger partial charge in [-0.25, -0.2) is 0 Å². The number of alkyl halides is 2. The van der Waals surface area contributed by atoms with E-state index in [9.17, 15) is 4.79 Å². The lowest BCUT2D eigenvalue weighted by atomic mass is 10.3. The van der Waals surface area contributed by atoms with Gasteiger partial charge in [0.05, 0.1) is 0 Å². The topological polar surface area (TPSA) is 17.1 Å². The number of aldehydes is 1. The van der Waals surface area contributed by atoms with E-state index in [1.807, 2.05) is 0 Å². The summed E-state index contributed by atoms with van der Waals surface area (Å²) < 4.78 is -0.735. The zero-order valence-corrected chi connectivity index (χ0v) is 6.17. The zero-order chi connectivity index (χ0) is 6.62. The molecule has 0 heterocycles. The summed E-state index contributed by atoms with van der Waals surface area (Å²) in [4.78, 5) is 9.73. The summed E-state index contributed by atoms with van der Waals surface area (Å²) in [7, 11) is 0. The summed E-state index contributed by atoms with van der Waals surface area (Å²) >= 11 is 11.0. The Hall–Kier alpha value is 0.250. The smallest absolute Gasteiger partial charge is 0.120 e. The summed E-state index contributed by atoms with van der Waals surface area (Å²) in [6.07, 6.45) is 1.77. The highest BCUT2D eigenvalue weighted by molar-refractivity contribution is 6.48. The highest BCUT2D eigenvalue weighted by Crippen LogP contribution is 2.24. The van der Waals surface area contributed by atoms with Crippen LogP contribution in [0.2, 0.25) is 0 Å². The average molecular weight is 155 g/mol. The second kappa shape index (κ2) is 3.31. The Morgan fingerprint density at radius 2 is 2.12 bits per heavy atom. The van der Waals surface area contributed by atoms with Gasteiger partial charge < -0.3 is 4.79 Å². The summed E-state index contributed by atoms with van der Waals surface area (Å²) in [5.41, 5.74) is 0. The van der Waals surface area contributed by atoms with E-state index >= 15 is 0 Å². The van der Waals surface area contributed by atoms with Crippen LogP contribution in [0.3, 0.4) is 0 Å². The van der Waals surface area contributed by atoms with Gasteiger partial charge >= 0.3 is 0 Å². The monoisotopic (exact) mass is 154 g/mol. The van der Waals surface area contributed by atoms with Crippen LogP contribution in [0.15, 0.2) is 0 Å². The molecule has 0 aliphatic carbocycles. The van der Waals surface area contributed by atoms with Crippen molar-refractivity contribution in [1.29, 1.82) is 0 Å². The van der Waals surface area contributed by atoms with Crippen LogP contribution in [-0.4, -0.2) is 10.6 Å². The van der Waals surface area contributed by atoms with E-state index in [1.54, 1.807) is 6.92 Å². The van der Waals surface area contributed by atoms with Gasteiger partial charge in [0.25, 0.3) is 0 Å². The first-order valence-corrected chi connectivity index (χ1v) is 3.13. The van der Waals surface area contributed by atoms with Crippen LogP contribution in [-0.2, 0) is 4.79 Å². The Bertz CT molecular complexity index is 75.0. The van der Waals surface area contributed by atoms with E-state index in [4.69, 9.17) is 23.2 Å². The molecule has 0 atom stereocenters. The second-order valence-electron chi connectivity index (χ2n) is 1.78. The first-order chi connectivity index (χ1) is 3.56. The summed E-state index contributed by atoms with van der Waals surface area (Å²) in [6, 6.07) is 0. The molecule has 48 valence electrons. The SMILES string of the molecule is CC(Cl)(Cl)CCC=O. The Labute approximate surface area is 59.0 Å². The molecule has 0 aromatic heterocycles. The van der Waals surface area contributed by atoms with Gasteiger partial charge in [-0.15, -0.1) is 23.2 Å². The van der Waals surface area contributed by atoms with Crippen molar-refractivity contribution >= 4 is 29.5 Å². The molecule has 0 spiro atoms. The average Bonchev–Trinajstić information content (AvgIpc) is 1.59. The molecular formula is C5H8Cl2O. The van der Waals surface area contributed by atoms with Crippen molar-refractivity contribution in [1.82, 2.24) is 0 Å². The highest BCUT2D eigenvalue weighted by atomic mass is 35.5. The molecule has 0 N–H and O–H groups in total. The fraction of sp³-hybridized carbons (Fsp3) is 0.800. The molecule has 0 radical (unpaired) electrons. The molecule has 1 nitrogen and oxygen atoms in total. The fourth-order valence-corrected chi connectivity index (χ4v) is 0.531. The molecule has 0 aromatic carbocycles. The van der Waals surface area contributed by atoms with Gasteiger partial charge in [0, 0.05) is 6.42 Å². The maximum atomic E-state index is 9.73. The standard InChI is InChI=1S/C5H8Cl2O/c1-5(6,7)3-2-4-8/h4H,2-3H2,1H3. The van der Waals surface area contributed by atoms with Crippen LogP contribution in [0.5, 0.6) is 0 Å². The van der Waals surface area contributed by atoms with Crippen LogP contribution >= 0.6 is 23.2 Å². The molecular weight excluding hydrogens is 147 g/mol. The van der Waals surface area contributed by atoms with Crippen LogP contribution < -0.4 is 0 Å². The van der Waals surface area contributed by atoms with Gasteiger partial charge in [0.1, 0.15) is 10.6 Å². The molecule has 0 fully saturated rings. The van der Waals surface area contributed by atoms with Crippen LogP contribution in [0.1, 0.15) is 19.8 Å². The van der Waals surface area contributed by atoms with Crippen LogP contribution in [0, 0.1) is 0 Å². The van der Waals surface area contributed by atoms with Crippen LogP contribution in [0.4, 0.5) is 0 Å². The lowest BCUT2D eigenvalue weighted by molar-refractivity contribution is -0.107. The number of rotatable bonds is 3. The van der Waals surface area contributed by atoms with Crippen molar-refractivity contribution in [3.63, 3.8) is 0 Å². The maximum Gasteiger partial charge on any atom is 0.120 e. The van der Waals surface area contributed by atoms with Gasteiger partial charge in [-0.05, 0) is 13.3 Å². The number of carbonyl (C=O) groups excluding carboxylic acids is 1. The minimum Gasteiger partial charge on any atom is -0.303 e. The molecule has 3 heteroatoms. The lowest BCUT2D eigenvalue weighted by Gasteiger charge is -2.08. The van der Waals surface area contributed by atoms with Crippen molar-refractivity contribution < 1.29 is 4.79 Å². The van der Waals surface area contributed by atoms with Gasteiger partial charge in [-0.3, -0.25) is 0 Å². The molecule has 0 unspecified atom stereocenters. The predicted octanol–water partition coefficient (Wildman–Crippen LogP) is 2.16. The van der Waals surface area contributed by atoms with E-state index in [0.29, 0.717) is 12.8 Å². The van der Waals surface area contributed by atoms with E-state index in [0.717, 1.165) is 6.29 Å². The van der Waals surface area contributed by atoms with E-state index in [2.05, 4.69) is 0 Å². The lowest BCUT2D eigenvalue weighted by Crippen LogP contribution is -2.04. The molecule has 0 aliphatic heterocycles. The van der Waals surface area contributed by atoms with Gasteiger partial charge in [-0.1, -0.05) is 0 Å². The van der Waals surface area contributed by atoms with E-state index in [-0.39, 0.29) is 0 Å². The molecule has 0 aliphatic rings. The quantitative estimate of drug-likeness (QED) is 0.450. The first kappa shape index (κ1) is 8.25. The molecule has 0 saturated heterocycles. The number of carbonyl (C=O) groups is 1. The predicted molar refractivity (Wildman–Crippen MR) is 35.4 cm³/mol. The third-order valence-corrected chi connectivity index (χ3v) is 1.08. The Morgan fingerprint density at radius 1 is 1.62 bits per heavy atom. The van der Waals surface area contributed by atoms with Gasteiger partial charge in [0.2, 0.25) is 0 Å². The summed E-state index contributed by atoms with van der Waals surface area (Å²) in [6.45, 7) is 1.67. The van der Waals surface area contributed by atoms with Crippen molar-refractivity contribution in [3.8, 4) is 0 Å². The van der Waals surface area contributed by atoms with Crippen molar-refractivity contribution in [3.05, 3.63) is 0 Å². The number of hydrogen-bond acceptors (Lipinski definition) is 1. The minimum atomic E-state index is -0.735. The van der Waals surface area contributed by atoms with Crippen molar-refractivity contribution in [2.24, 2.45) is 0 Å². The summed E-state index contributed by atoms with van der Waals surface area (Å²) in [5.74, 6) is 0. The number of hydrogen-bond donors (Lipinski definition) is 0.